The predicted molar refractivity (Wildman–Crippen MR) is 131 cm³/mol. The fraction of sp³-hybridized carbons (Fsp3) is 0.440. The topological polar surface area (TPSA) is 108 Å². The molecule has 3 aliphatic heterocycles. The van der Waals surface area contributed by atoms with E-state index in [9.17, 15) is 4.79 Å². The molecule has 2 fully saturated rings. The molecule has 1 amide bonds. The first-order valence-corrected chi connectivity index (χ1v) is 12.1. The summed E-state index contributed by atoms with van der Waals surface area (Å²) in [6, 6.07) is 6.45. The summed E-state index contributed by atoms with van der Waals surface area (Å²) in [5, 5.41) is 10.7. The molecule has 5 heterocycles. The van der Waals surface area contributed by atoms with E-state index in [1.165, 1.54) is 0 Å². The summed E-state index contributed by atoms with van der Waals surface area (Å²) in [5.41, 5.74) is 3.63. The van der Waals surface area contributed by atoms with Crippen molar-refractivity contribution in [3.63, 3.8) is 0 Å². The van der Waals surface area contributed by atoms with E-state index in [1.807, 2.05) is 19.3 Å². The molecule has 1 unspecified atom stereocenters. The lowest BCUT2D eigenvalue weighted by Crippen LogP contribution is -2.51. The van der Waals surface area contributed by atoms with Crippen LogP contribution in [-0.4, -0.2) is 69.6 Å². The lowest BCUT2D eigenvalue weighted by molar-refractivity contribution is 0.00732. The minimum absolute atomic E-state index is 0.0123. The van der Waals surface area contributed by atoms with Gasteiger partial charge < -0.3 is 24.7 Å². The van der Waals surface area contributed by atoms with Gasteiger partial charge in [-0.3, -0.25) is 4.79 Å². The Hall–Kier alpha value is -3.50. The normalized spacial score (nSPS) is 20.7. The Morgan fingerprint density at radius 1 is 1.17 bits per heavy atom. The van der Waals surface area contributed by atoms with Crippen molar-refractivity contribution in [1.29, 1.82) is 0 Å². The van der Waals surface area contributed by atoms with Crippen LogP contribution in [0, 0.1) is 0 Å². The Labute approximate surface area is 203 Å². The fourth-order valence-corrected chi connectivity index (χ4v) is 5.12. The van der Waals surface area contributed by atoms with Gasteiger partial charge in [0.25, 0.3) is 5.91 Å². The molecule has 1 aliphatic carbocycles. The Bertz CT molecular complexity index is 1340. The molecule has 10 nitrogen and oxygen atoms in total. The molecule has 0 spiro atoms. The van der Waals surface area contributed by atoms with Gasteiger partial charge in [-0.25, -0.2) is 9.97 Å². The minimum atomic E-state index is -0.193. The van der Waals surface area contributed by atoms with Crippen LogP contribution in [-0.2, 0) is 9.47 Å². The van der Waals surface area contributed by atoms with Crippen LogP contribution in [0.15, 0.2) is 36.8 Å². The molecule has 182 valence electrons. The maximum atomic E-state index is 13.1. The number of hydrogen-bond donors (Lipinski definition) is 2. The van der Waals surface area contributed by atoms with Crippen molar-refractivity contribution in [2.75, 3.05) is 32.7 Å². The Kier molecular flexibility index (Phi) is 5.62. The SMILES string of the molecule is CNc1cc(-c2cnc3n(C4CCOCC4)cccc2-3)nc2c(C(=O)NC3CC[C@H]3OC)cnn12. The van der Waals surface area contributed by atoms with Gasteiger partial charge in [0, 0.05) is 63.0 Å². The van der Waals surface area contributed by atoms with Gasteiger partial charge in [-0.15, -0.1) is 0 Å². The monoisotopic (exact) mass is 475 g/mol. The van der Waals surface area contributed by atoms with E-state index in [1.54, 1.807) is 17.8 Å². The average molecular weight is 476 g/mol. The molecular weight excluding hydrogens is 446 g/mol. The highest BCUT2D eigenvalue weighted by Gasteiger charge is 2.33. The summed E-state index contributed by atoms with van der Waals surface area (Å²) in [4.78, 5) is 22.8. The lowest BCUT2D eigenvalue weighted by atomic mass is 9.89. The molecule has 0 aromatic carbocycles. The molecule has 1 saturated carbocycles. The lowest BCUT2D eigenvalue weighted by Gasteiger charge is -2.35. The van der Waals surface area contributed by atoms with Gasteiger partial charge in [0.1, 0.15) is 17.2 Å². The molecule has 10 heteroatoms. The van der Waals surface area contributed by atoms with Gasteiger partial charge in [-0.2, -0.15) is 9.61 Å². The average Bonchev–Trinajstić information content (AvgIpc) is 3.51. The maximum absolute atomic E-state index is 13.1. The second-order valence-corrected chi connectivity index (χ2v) is 9.17. The summed E-state index contributed by atoms with van der Waals surface area (Å²) in [6.45, 7) is 1.53. The summed E-state index contributed by atoms with van der Waals surface area (Å²) in [7, 11) is 3.51. The van der Waals surface area contributed by atoms with Crippen molar-refractivity contribution >= 4 is 17.4 Å². The van der Waals surface area contributed by atoms with Gasteiger partial charge >= 0.3 is 0 Å². The highest BCUT2D eigenvalue weighted by Crippen LogP contribution is 2.36. The van der Waals surface area contributed by atoms with Gasteiger partial charge in [-0.1, -0.05) is 0 Å². The third-order valence-corrected chi connectivity index (χ3v) is 7.26. The number of fused-ring (bicyclic) bond motifs is 2. The molecule has 0 radical (unpaired) electrons. The number of amides is 1. The van der Waals surface area contributed by atoms with Crippen LogP contribution in [0.1, 0.15) is 42.1 Å². The van der Waals surface area contributed by atoms with Crippen molar-refractivity contribution in [2.24, 2.45) is 0 Å². The molecular formula is C25H29N7O3. The quantitative estimate of drug-likeness (QED) is 0.441. The first-order chi connectivity index (χ1) is 17.2. The molecule has 6 rings (SSSR count). The van der Waals surface area contributed by atoms with Gasteiger partial charge in [0.05, 0.1) is 24.0 Å². The molecule has 35 heavy (non-hydrogen) atoms. The molecule has 2 atom stereocenters. The van der Waals surface area contributed by atoms with Crippen LogP contribution >= 0.6 is 0 Å². The highest BCUT2D eigenvalue weighted by atomic mass is 16.5. The van der Waals surface area contributed by atoms with Crippen LogP contribution in [0.3, 0.4) is 0 Å². The summed E-state index contributed by atoms with van der Waals surface area (Å²) in [6.07, 6.45) is 9.39. The zero-order valence-corrected chi connectivity index (χ0v) is 19.9. The van der Waals surface area contributed by atoms with E-state index in [2.05, 4.69) is 38.6 Å². The van der Waals surface area contributed by atoms with Crippen LogP contribution in [0.25, 0.3) is 28.3 Å². The number of aromatic nitrogens is 5. The van der Waals surface area contributed by atoms with Gasteiger partial charge in [0.2, 0.25) is 0 Å². The molecule has 2 aromatic rings. The van der Waals surface area contributed by atoms with E-state index in [4.69, 9.17) is 19.4 Å². The van der Waals surface area contributed by atoms with Crippen molar-refractivity contribution in [3.8, 4) is 22.6 Å². The number of rotatable bonds is 6. The van der Waals surface area contributed by atoms with Crippen LogP contribution in [0.4, 0.5) is 5.82 Å². The van der Waals surface area contributed by atoms with Crippen LogP contribution in [0.2, 0.25) is 0 Å². The van der Waals surface area contributed by atoms with Crippen molar-refractivity contribution < 1.29 is 14.3 Å². The zero-order valence-electron chi connectivity index (χ0n) is 19.9. The first-order valence-electron chi connectivity index (χ1n) is 12.1. The van der Waals surface area contributed by atoms with Crippen molar-refractivity contribution in [1.82, 2.24) is 29.5 Å². The third kappa shape index (κ3) is 3.73. The number of ether oxygens (including phenoxy) is 2. The number of nitrogens with zero attached hydrogens (tertiary/aromatic N) is 5. The minimum Gasteiger partial charge on any atom is -0.381 e. The molecule has 4 aliphatic rings. The van der Waals surface area contributed by atoms with Crippen molar-refractivity contribution in [2.45, 2.75) is 43.9 Å². The maximum Gasteiger partial charge on any atom is 0.257 e. The molecule has 2 N–H and O–H groups in total. The Morgan fingerprint density at radius 2 is 2.03 bits per heavy atom. The molecule has 2 aromatic heterocycles. The fourth-order valence-electron chi connectivity index (χ4n) is 5.12. The summed E-state index contributed by atoms with van der Waals surface area (Å²) in [5.74, 6) is 1.48. The van der Waals surface area contributed by atoms with Crippen LogP contribution in [0.5, 0.6) is 0 Å². The summed E-state index contributed by atoms with van der Waals surface area (Å²) >= 11 is 0. The molecule has 0 bridgehead atoms. The van der Waals surface area contributed by atoms with Gasteiger partial charge in [-0.05, 0) is 37.8 Å². The van der Waals surface area contributed by atoms with Crippen molar-refractivity contribution in [3.05, 3.63) is 42.4 Å². The first kappa shape index (κ1) is 22.0. The van der Waals surface area contributed by atoms with E-state index in [0.29, 0.717) is 17.3 Å². The second-order valence-electron chi connectivity index (χ2n) is 9.17. The third-order valence-electron chi connectivity index (χ3n) is 7.26. The second kappa shape index (κ2) is 8.94. The Morgan fingerprint density at radius 3 is 2.77 bits per heavy atom. The zero-order chi connectivity index (χ0) is 23.9. The van der Waals surface area contributed by atoms with E-state index in [-0.39, 0.29) is 18.1 Å². The number of anilines is 1. The standard InChI is InChI=1S/C25H29N7O3/c1-26-22-12-20(17-13-27-23-16(17)4-3-9-31(23)15-7-10-35-11-8-15)29-24-18(14-28-32(22)24)25(33)30-19-5-6-21(19)34-2/h3-4,9,12-15,19,21,26H,5-8,10-11H2,1-2H3,(H,30,33)/t19?,21-/m1/s1. The van der Waals surface area contributed by atoms with E-state index >= 15 is 0 Å². The van der Waals surface area contributed by atoms with Gasteiger partial charge in [0.15, 0.2) is 5.65 Å². The smallest absolute Gasteiger partial charge is 0.257 e. The Balaban J connectivity index is 1.38. The van der Waals surface area contributed by atoms with Crippen LogP contribution < -0.4 is 10.6 Å². The number of carbonyl (C=O) groups is 1. The molecule has 1 saturated heterocycles. The number of hydrogen-bond acceptors (Lipinski definition) is 7. The highest BCUT2D eigenvalue weighted by molar-refractivity contribution is 6.00. The number of nitrogens with one attached hydrogen (secondary N) is 2. The largest absolute Gasteiger partial charge is 0.381 e. The van der Waals surface area contributed by atoms with E-state index < -0.39 is 0 Å². The summed E-state index contributed by atoms with van der Waals surface area (Å²) < 4.78 is 14.9. The number of carbonyl (C=O) groups excluding carboxylic acids is 1. The number of pyridine rings is 1. The number of methoxy groups -OCH3 is 1. The predicted octanol–water partition coefficient (Wildman–Crippen LogP) is 3.00. The van der Waals surface area contributed by atoms with E-state index in [0.717, 1.165) is 67.4 Å².